The highest BCUT2D eigenvalue weighted by atomic mass is 32.1. The Morgan fingerprint density at radius 3 is 2.62 bits per heavy atom. The average Bonchev–Trinajstić information content (AvgIpc) is 2.16. The highest BCUT2D eigenvalue weighted by Gasteiger charge is 2.14. The van der Waals surface area contributed by atoms with Crippen LogP contribution in [0.3, 0.4) is 0 Å². The maximum Gasteiger partial charge on any atom is 0.166 e. The highest BCUT2D eigenvalue weighted by Crippen LogP contribution is 2.18. The third kappa shape index (κ3) is 2.34. The molecule has 0 spiro atoms. The summed E-state index contributed by atoms with van der Waals surface area (Å²) in [5, 5.41) is 0. The Balaban J connectivity index is 2.95. The summed E-state index contributed by atoms with van der Waals surface area (Å²) in [5.74, 6) is 0.279. The van der Waals surface area contributed by atoms with E-state index >= 15 is 0 Å². The van der Waals surface area contributed by atoms with Gasteiger partial charge in [0, 0.05) is 16.4 Å². The quantitative estimate of drug-likeness (QED) is 0.577. The molecule has 0 fully saturated rings. The van der Waals surface area contributed by atoms with Crippen molar-refractivity contribution in [1.82, 2.24) is 0 Å². The van der Waals surface area contributed by atoms with E-state index in [9.17, 15) is 4.79 Å². The van der Waals surface area contributed by atoms with Crippen molar-refractivity contribution in [3.63, 3.8) is 0 Å². The number of rotatable bonds is 3. The van der Waals surface area contributed by atoms with Crippen molar-refractivity contribution >= 4 is 18.4 Å². The normalized spacial score (nSPS) is 12.5. The molecule has 0 aromatic heterocycles. The van der Waals surface area contributed by atoms with E-state index in [-0.39, 0.29) is 11.7 Å². The fourth-order valence-electron chi connectivity index (χ4n) is 1.13. The van der Waals surface area contributed by atoms with Crippen molar-refractivity contribution < 1.29 is 4.79 Å². The monoisotopic (exact) mass is 194 g/mol. The van der Waals surface area contributed by atoms with Crippen LogP contribution in [0.25, 0.3) is 0 Å². The van der Waals surface area contributed by atoms with Gasteiger partial charge in [-0.1, -0.05) is 32.0 Å². The van der Waals surface area contributed by atoms with Crippen LogP contribution in [0.1, 0.15) is 30.6 Å². The first-order valence-electron chi connectivity index (χ1n) is 4.49. The topological polar surface area (TPSA) is 17.1 Å². The second kappa shape index (κ2) is 4.47. The summed E-state index contributed by atoms with van der Waals surface area (Å²) in [7, 11) is 0. The zero-order valence-corrected chi connectivity index (χ0v) is 8.84. The molecule has 1 nitrogen and oxygen atoms in total. The van der Waals surface area contributed by atoms with Gasteiger partial charge in [0.25, 0.3) is 0 Å². The van der Waals surface area contributed by atoms with Crippen molar-refractivity contribution in [2.24, 2.45) is 5.92 Å². The molecule has 1 aromatic rings. The highest BCUT2D eigenvalue weighted by molar-refractivity contribution is 7.80. The fraction of sp³-hybridized carbons (Fsp3) is 0.364. The second-order valence-corrected chi connectivity index (χ2v) is 3.67. The zero-order chi connectivity index (χ0) is 9.84. The first-order chi connectivity index (χ1) is 6.16. The molecule has 70 valence electrons. The molecule has 1 atom stereocenters. The molecule has 0 amide bonds. The smallest absolute Gasteiger partial charge is 0.166 e. The number of Topliss-reactive ketones (excluding diaryl/α,β-unsaturated/α-hetero) is 1. The Morgan fingerprint density at radius 1 is 1.46 bits per heavy atom. The van der Waals surface area contributed by atoms with E-state index in [4.69, 9.17) is 0 Å². The minimum atomic E-state index is 0.0910. The standard InChI is InChI=1S/C11H14OS/c1-3-8(2)11(12)9-6-4-5-7-10(9)13/h4-8,13H,3H2,1-2H3. The third-order valence-electron chi connectivity index (χ3n) is 2.23. The lowest BCUT2D eigenvalue weighted by atomic mass is 9.97. The first kappa shape index (κ1) is 10.3. The summed E-state index contributed by atoms with van der Waals surface area (Å²) in [6, 6.07) is 7.43. The lowest BCUT2D eigenvalue weighted by molar-refractivity contribution is 0.0924. The Hall–Kier alpha value is -0.760. The molecule has 0 aliphatic heterocycles. The Morgan fingerprint density at radius 2 is 2.08 bits per heavy atom. The molecule has 0 radical (unpaired) electrons. The van der Waals surface area contributed by atoms with Gasteiger partial charge in [0.2, 0.25) is 0 Å². The van der Waals surface area contributed by atoms with Crippen LogP contribution in [0.5, 0.6) is 0 Å². The van der Waals surface area contributed by atoms with E-state index in [2.05, 4.69) is 12.6 Å². The van der Waals surface area contributed by atoms with E-state index in [0.717, 1.165) is 16.9 Å². The van der Waals surface area contributed by atoms with Crippen LogP contribution >= 0.6 is 12.6 Å². The molecule has 1 aromatic carbocycles. The fourth-order valence-corrected chi connectivity index (χ4v) is 1.40. The summed E-state index contributed by atoms with van der Waals surface area (Å²) in [5.41, 5.74) is 0.736. The lowest BCUT2D eigenvalue weighted by Crippen LogP contribution is -2.10. The largest absolute Gasteiger partial charge is 0.294 e. The van der Waals surface area contributed by atoms with Crippen molar-refractivity contribution in [2.45, 2.75) is 25.2 Å². The Kier molecular flexibility index (Phi) is 3.55. The van der Waals surface area contributed by atoms with E-state index in [1.54, 1.807) is 0 Å². The molecule has 0 aliphatic rings. The number of thiol groups is 1. The van der Waals surface area contributed by atoms with Gasteiger partial charge in [0.1, 0.15) is 0 Å². The van der Waals surface area contributed by atoms with Crippen LogP contribution in [0, 0.1) is 5.92 Å². The van der Waals surface area contributed by atoms with Crippen LogP contribution in [-0.2, 0) is 0 Å². The van der Waals surface area contributed by atoms with Gasteiger partial charge in [-0.15, -0.1) is 12.6 Å². The minimum absolute atomic E-state index is 0.0910. The van der Waals surface area contributed by atoms with Crippen LogP contribution in [-0.4, -0.2) is 5.78 Å². The van der Waals surface area contributed by atoms with Gasteiger partial charge in [-0.25, -0.2) is 0 Å². The van der Waals surface area contributed by atoms with Gasteiger partial charge in [-0.05, 0) is 12.5 Å². The number of benzene rings is 1. The van der Waals surface area contributed by atoms with Crippen molar-refractivity contribution in [2.75, 3.05) is 0 Å². The van der Waals surface area contributed by atoms with Crippen LogP contribution < -0.4 is 0 Å². The maximum atomic E-state index is 11.7. The summed E-state index contributed by atoms with van der Waals surface area (Å²) in [4.78, 5) is 12.5. The average molecular weight is 194 g/mol. The van der Waals surface area contributed by atoms with Crippen LogP contribution in [0.2, 0.25) is 0 Å². The summed E-state index contributed by atoms with van der Waals surface area (Å²) >= 11 is 4.25. The second-order valence-electron chi connectivity index (χ2n) is 3.19. The van der Waals surface area contributed by atoms with E-state index in [1.807, 2.05) is 38.1 Å². The molecule has 13 heavy (non-hydrogen) atoms. The molecule has 0 saturated carbocycles. The van der Waals surface area contributed by atoms with E-state index < -0.39 is 0 Å². The molecule has 1 unspecified atom stereocenters. The Bertz CT molecular complexity index is 307. The zero-order valence-electron chi connectivity index (χ0n) is 7.95. The van der Waals surface area contributed by atoms with Gasteiger partial charge in [-0.3, -0.25) is 4.79 Å². The number of carbonyl (C=O) groups excluding carboxylic acids is 1. The Labute approximate surface area is 84.6 Å². The molecule has 0 aliphatic carbocycles. The number of hydrogen-bond acceptors (Lipinski definition) is 2. The van der Waals surface area contributed by atoms with Crippen LogP contribution in [0.4, 0.5) is 0 Å². The molecular weight excluding hydrogens is 180 g/mol. The van der Waals surface area contributed by atoms with Crippen molar-refractivity contribution in [1.29, 1.82) is 0 Å². The molecule has 1 rings (SSSR count). The number of hydrogen-bond donors (Lipinski definition) is 1. The molecule has 0 N–H and O–H groups in total. The molecular formula is C11H14OS. The van der Waals surface area contributed by atoms with Crippen LogP contribution in [0.15, 0.2) is 29.2 Å². The molecule has 0 heterocycles. The van der Waals surface area contributed by atoms with E-state index in [1.165, 1.54) is 0 Å². The SMILES string of the molecule is CCC(C)C(=O)c1ccccc1S. The van der Waals surface area contributed by atoms with Gasteiger partial charge < -0.3 is 0 Å². The van der Waals surface area contributed by atoms with Gasteiger partial charge in [0.15, 0.2) is 5.78 Å². The molecule has 0 bridgehead atoms. The maximum absolute atomic E-state index is 11.7. The van der Waals surface area contributed by atoms with E-state index in [0.29, 0.717) is 0 Å². The van der Waals surface area contributed by atoms with Crippen molar-refractivity contribution in [3.05, 3.63) is 29.8 Å². The predicted molar refractivity (Wildman–Crippen MR) is 57.5 cm³/mol. The first-order valence-corrected chi connectivity index (χ1v) is 4.93. The summed E-state index contributed by atoms with van der Waals surface area (Å²) in [6.07, 6.45) is 0.876. The number of ketones is 1. The summed E-state index contributed by atoms with van der Waals surface area (Å²) < 4.78 is 0. The summed E-state index contributed by atoms with van der Waals surface area (Å²) in [6.45, 7) is 3.96. The van der Waals surface area contributed by atoms with Crippen molar-refractivity contribution in [3.8, 4) is 0 Å². The van der Waals surface area contributed by atoms with Gasteiger partial charge in [0.05, 0.1) is 0 Å². The third-order valence-corrected chi connectivity index (χ3v) is 2.62. The lowest BCUT2D eigenvalue weighted by Gasteiger charge is -2.08. The van der Waals surface area contributed by atoms with Gasteiger partial charge >= 0.3 is 0 Å². The molecule has 2 heteroatoms. The number of carbonyl (C=O) groups is 1. The minimum Gasteiger partial charge on any atom is -0.294 e. The predicted octanol–water partition coefficient (Wildman–Crippen LogP) is 3.20. The molecule has 0 saturated heterocycles. The van der Waals surface area contributed by atoms with Gasteiger partial charge in [-0.2, -0.15) is 0 Å².